The molecule has 2 atom stereocenters. The lowest BCUT2D eigenvalue weighted by molar-refractivity contribution is -0.138. The lowest BCUT2D eigenvalue weighted by Crippen LogP contribution is -2.22. The second-order valence-electron chi connectivity index (χ2n) is 3.57. The topological polar surface area (TPSA) is 18.5 Å². The van der Waals surface area contributed by atoms with Crippen LogP contribution in [-0.2, 0) is 9.47 Å². The van der Waals surface area contributed by atoms with Gasteiger partial charge in [0, 0.05) is 12.4 Å². The molecule has 0 N–H and O–H groups in total. The zero-order valence-electron chi connectivity index (χ0n) is 9.55. The van der Waals surface area contributed by atoms with Gasteiger partial charge in [-0.3, -0.25) is 0 Å². The third-order valence-corrected chi connectivity index (χ3v) is 2.65. The van der Waals surface area contributed by atoms with E-state index in [0.717, 1.165) is 18.2 Å². The number of halogens is 1. The van der Waals surface area contributed by atoms with Crippen LogP contribution in [-0.4, -0.2) is 24.8 Å². The van der Waals surface area contributed by atoms with E-state index in [2.05, 4.69) is 35.9 Å². The molecule has 84 valence electrons. The fourth-order valence-corrected chi connectivity index (χ4v) is 1.54. The van der Waals surface area contributed by atoms with Gasteiger partial charge in [-0.15, -0.1) is 0 Å². The van der Waals surface area contributed by atoms with Crippen LogP contribution in [0.3, 0.4) is 0 Å². The maximum Gasteiger partial charge on any atom is 0.154 e. The number of hydrogen-bond donors (Lipinski definition) is 0. The Morgan fingerprint density at radius 2 is 2.07 bits per heavy atom. The predicted octanol–water partition coefficient (Wildman–Crippen LogP) is 3.51. The van der Waals surface area contributed by atoms with Crippen LogP contribution < -0.4 is 0 Å². The zero-order chi connectivity index (χ0) is 11.0. The van der Waals surface area contributed by atoms with Gasteiger partial charge in [0.2, 0.25) is 0 Å². The van der Waals surface area contributed by atoms with Gasteiger partial charge in [-0.05, 0) is 33.6 Å². The SMILES string of the molecule is COC(C)OC(CBr)CCC=C(C)C. The Hall–Kier alpha value is 0.140. The van der Waals surface area contributed by atoms with Crippen molar-refractivity contribution in [3.05, 3.63) is 11.6 Å². The lowest BCUT2D eigenvalue weighted by Gasteiger charge is -2.19. The third kappa shape index (κ3) is 7.54. The van der Waals surface area contributed by atoms with E-state index in [1.54, 1.807) is 7.11 Å². The number of hydrogen-bond acceptors (Lipinski definition) is 2. The Labute approximate surface area is 95.8 Å². The Balaban J connectivity index is 3.74. The molecule has 0 heterocycles. The first-order valence-electron chi connectivity index (χ1n) is 4.97. The molecule has 0 fully saturated rings. The maximum atomic E-state index is 5.63. The molecule has 14 heavy (non-hydrogen) atoms. The molecule has 0 amide bonds. The van der Waals surface area contributed by atoms with Gasteiger partial charge in [-0.2, -0.15) is 0 Å². The van der Waals surface area contributed by atoms with Crippen LogP contribution in [0, 0.1) is 0 Å². The number of methoxy groups -OCH3 is 1. The van der Waals surface area contributed by atoms with Crippen LogP contribution in [0.1, 0.15) is 33.6 Å². The van der Waals surface area contributed by atoms with Crippen LogP contribution in [0.5, 0.6) is 0 Å². The minimum Gasteiger partial charge on any atom is -0.356 e. The van der Waals surface area contributed by atoms with E-state index in [4.69, 9.17) is 9.47 Å². The molecule has 0 bridgehead atoms. The van der Waals surface area contributed by atoms with Gasteiger partial charge in [0.1, 0.15) is 0 Å². The fraction of sp³-hybridized carbons (Fsp3) is 0.818. The van der Waals surface area contributed by atoms with Crippen molar-refractivity contribution in [2.24, 2.45) is 0 Å². The van der Waals surface area contributed by atoms with Crippen LogP contribution in [0.15, 0.2) is 11.6 Å². The highest BCUT2D eigenvalue weighted by atomic mass is 79.9. The van der Waals surface area contributed by atoms with E-state index >= 15 is 0 Å². The molecule has 0 saturated carbocycles. The van der Waals surface area contributed by atoms with E-state index in [0.29, 0.717) is 0 Å². The molecule has 0 aromatic heterocycles. The summed E-state index contributed by atoms with van der Waals surface area (Å²) in [6.45, 7) is 6.14. The van der Waals surface area contributed by atoms with E-state index in [1.807, 2.05) is 6.92 Å². The van der Waals surface area contributed by atoms with Crippen molar-refractivity contribution in [2.45, 2.75) is 46.0 Å². The maximum absolute atomic E-state index is 5.63. The summed E-state index contributed by atoms with van der Waals surface area (Å²) in [7, 11) is 1.66. The van der Waals surface area contributed by atoms with Crippen molar-refractivity contribution in [1.82, 2.24) is 0 Å². The average Bonchev–Trinajstić information content (AvgIpc) is 2.15. The summed E-state index contributed by atoms with van der Waals surface area (Å²) in [5.41, 5.74) is 1.36. The first-order chi connectivity index (χ1) is 6.60. The molecule has 0 aromatic rings. The molecular weight excluding hydrogens is 244 g/mol. The first-order valence-corrected chi connectivity index (χ1v) is 6.09. The summed E-state index contributed by atoms with van der Waals surface area (Å²) in [5.74, 6) is 0. The van der Waals surface area contributed by atoms with Gasteiger partial charge in [-0.25, -0.2) is 0 Å². The molecular formula is C11H21BrO2. The molecule has 0 radical (unpaired) electrons. The van der Waals surface area contributed by atoms with Gasteiger partial charge in [0.05, 0.1) is 6.10 Å². The van der Waals surface area contributed by atoms with Crippen LogP contribution >= 0.6 is 15.9 Å². The Morgan fingerprint density at radius 3 is 2.50 bits per heavy atom. The second-order valence-corrected chi connectivity index (χ2v) is 4.22. The summed E-state index contributed by atoms with van der Waals surface area (Å²) in [5, 5.41) is 0.858. The standard InChI is InChI=1S/C11H21BrO2/c1-9(2)6-5-7-11(8-12)14-10(3)13-4/h6,10-11H,5,7-8H2,1-4H3. The summed E-state index contributed by atoms with van der Waals surface area (Å²) < 4.78 is 10.7. The van der Waals surface area contributed by atoms with E-state index < -0.39 is 0 Å². The molecule has 0 spiro atoms. The summed E-state index contributed by atoms with van der Waals surface area (Å²) >= 11 is 3.44. The van der Waals surface area contributed by atoms with Crippen molar-refractivity contribution in [2.75, 3.05) is 12.4 Å². The van der Waals surface area contributed by atoms with E-state index in [-0.39, 0.29) is 12.4 Å². The minimum absolute atomic E-state index is 0.121. The van der Waals surface area contributed by atoms with Gasteiger partial charge in [0.15, 0.2) is 6.29 Å². The van der Waals surface area contributed by atoms with Gasteiger partial charge in [0.25, 0.3) is 0 Å². The lowest BCUT2D eigenvalue weighted by atomic mass is 10.2. The van der Waals surface area contributed by atoms with E-state index in [1.165, 1.54) is 5.57 Å². The van der Waals surface area contributed by atoms with E-state index in [9.17, 15) is 0 Å². The first kappa shape index (κ1) is 14.1. The molecule has 2 unspecified atom stereocenters. The smallest absolute Gasteiger partial charge is 0.154 e. The number of ether oxygens (including phenoxy) is 2. The zero-order valence-corrected chi connectivity index (χ0v) is 11.1. The molecule has 3 heteroatoms. The Morgan fingerprint density at radius 1 is 1.43 bits per heavy atom. The second kappa shape index (κ2) is 8.45. The predicted molar refractivity (Wildman–Crippen MR) is 63.8 cm³/mol. The quantitative estimate of drug-likeness (QED) is 0.398. The number of alkyl halides is 1. The molecule has 0 aliphatic heterocycles. The third-order valence-electron chi connectivity index (χ3n) is 1.93. The molecule has 0 rings (SSSR count). The Bertz CT molecular complexity index is 165. The molecule has 0 aromatic carbocycles. The van der Waals surface area contributed by atoms with Crippen molar-refractivity contribution in [3.63, 3.8) is 0 Å². The molecule has 0 saturated heterocycles. The Kier molecular flexibility index (Phi) is 8.53. The van der Waals surface area contributed by atoms with Crippen molar-refractivity contribution in [1.29, 1.82) is 0 Å². The van der Waals surface area contributed by atoms with Crippen molar-refractivity contribution >= 4 is 15.9 Å². The highest BCUT2D eigenvalue weighted by Crippen LogP contribution is 2.10. The normalized spacial score (nSPS) is 14.9. The average molecular weight is 265 g/mol. The molecule has 0 aliphatic carbocycles. The summed E-state index contributed by atoms with van der Waals surface area (Å²) in [4.78, 5) is 0. The highest BCUT2D eigenvalue weighted by molar-refractivity contribution is 9.09. The van der Waals surface area contributed by atoms with Gasteiger partial charge < -0.3 is 9.47 Å². The minimum atomic E-state index is -0.121. The molecule has 0 aliphatic rings. The largest absolute Gasteiger partial charge is 0.356 e. The van der Waals surface area contributed by atoms with Crippen LogP contribution in [0.4, 0.5) is 0 Å². The summed E-state index contributed by atoms with van der Waals surface area (Å²) in [6.07, 6.45) is 4.44. The van der Waals surface area contributed by atoms with Crippen molar-refractivity contribution in [3.8, 4) is 0 Å². The number of rotatable bonds is 7. The van der Waals surface area contributed by atoms with Crippen LogP contribution in [0.2, 0.25) is 0 Å². The summed E-state index contributed by atoms with van der Waals surface area (Å²) in [6, 6.07) is 0. The highest BCUT2D eigenvalue weighted by Gasteiger charge is 2.10. The molecule has 2 nitrogen and oxygen atoms in total. The fourth-order valence-electron chi connectivity index (χ4n) is 1.07. The monoisotopic (exact) mass is 264 g/mol. The number of allylic oxidation sites excluding steroid dienone is 2. The van der Waals surface area contributed by atoms with Gasteiger partial charge in [-0.1, -0.05) is 27.6 Å². The van der Waals surface area contributed by atoms with Gasteiger partial charge >= 0.3 is 0 Å². The van der Waals surface area contributed by atoms with Crippen molar-refractivity contribution < 1.29 is 9.47 Å². The van der Waals surface area contributed by atoms with Crippen LogP contribution in [0.25, 0.3) is 0 Å².